The van der Waals surface area contributed by atoms with Gasteiger partial charge in [0.1, 0.15) is 5.75 Å². The third kappa shape index (κ3) is 5.15. The number of amides is 2. The number of carbonyl (C=O) groups excluding carboxylic acids is 1. The van der Waals surface area contributed by atoms with Crippen LogP contribution in [0.4, 0.5) is 29.3 Å². The maximum absolute atomic E-state index is 13.6. The van der Waals surface area contributed by atoms with Gasteiger partial charge in [-0.25, -0.2) is 9.78 Å². The van der Waals surface area contributed by atoms with E-state index < -0.39 is 17.8 Å². The van der Waals surface area contributed by atoms with Crippen LogP contribution in [0.5, 0.6) is 5.75 Å². The molecule has 2 amide bonds. The lowest BCUT2D eigenvalue weighted by atomic mass is 10.1. The van der Waals surface area contributed by atoms with Crippen molar-refractivity contribution in [3.8, 4) is 11.4 Å². The van der Waals surface area contributed by atoms with Gasteiger partial charge >= 0.3 is 12.2 Å². The number of rotatable bonds is 5. The normalized spacial score (nSPS) is 11.3. The van der Waals surface area contributed by atoms with E-state index in [0.29, 0.717) is 16.9 Å². The molecule has 0 bridgehead atoms. The summed E-state index contributed by atoms with van der Waals surface area (Å²) in [6.45, 7) is -0.131. The molecule has 0 unspecified atom stereocenters. The number of hydrogen-bond donors (Lipinski definition) is 2. The SMILES string of the molecule is O=C(Nc1ccccc1Cl)N(Cc1cccc(O)c1)c1cc(C(F)(F)F)ccc1-n1ccnc1. The quantitative estimate of drug-likeness (QED) is 0.339. The Balaban J connectivity index is 1.84. The molecule has 6 nitrogen and oxygen atoms in total. The van der Waals surface area contributed by atoms with Crippen LogP contribution in [-0.2, 0) is 12.7 Å². The summed E-state index contributed by atoms with van der Waals surface area (Å²) in [7, 11) is 0. The molecule has 174 valence electrons. The molecule has 34 heavy (non-hydrogen) atoms. The number of halogens is 4. The van der Waals surface area contributed by atoms with E-state index in [4.69, 9.17) is 11.6 Å². The summed E-state index contributed by atoms with van der Waals surface area (Å²) >= 11 is 6.17. The fourth-order valence-electron chi connectivity index (χ4n) is 3.38. The zero-order chi connectivity index (χ0) is 24.3. The number of anilines is 2. The zero-order valence-electron chi connectivity index (χ0n) is 17.5. The summed E-state index contributed by atoms with van der Waals surface area (Å²) < 4.78 is 42.3. The van der Waals surface area contributed by atoms with Gasteiger partial charge in [0.05, 0.1) is 40.5 Å². The van der Waals surface area contributed by atoms with E-state index in [2.05, 4.69) is 10.3 Å². The van der Waals surface area contributed by atoms with Gasteiger partial charge in [-0.3, -0.25) is 4.90 Å². The Bertz CT molecular complexity index is 1310. The minimum absolute atomic E-state index is 0.0132. The van der Waals surface area contributed by atoms with Crippen LogP contribution >= 0.6 is 11.6 Å². The Kier molecular flexibility index (Phi) is 6.47. The van der Waals surface area contributed by atoms with E-state index >= 15 is 0 Å². The Morgan fingerprint density at radius 1 is 1.09 bits per heavy atom. The number of nitrogens with zero attached hydrogens (tertiary/aromatic N) is 3. The van der Waals surface area contributed by atoms with Gasteiger partial charge in [0, 0.05) is 12.4 Å². The number of phenolic OH excluding ortho intramolecular Hbond substituents is 1. The Hall–Kier alpha value is -3.98. The van der Waals surface area contributed by atoms with Crippen molar-refractivity contribution in [1.82, 2.24) is 9.55 Å². The van der Waals surface area contributed by atoms with Crippen molar-refractivity contribution in [3.63, 3.8) is 0 Å². The van der Waals surface area contributed by atoms with E-state index in [1.165, 1.54) is 35.3 Å². The van der Waals surface area contributed by atoms with Crippen LogP contribution in [0.25, 0.3) is 5.69 Å². The molecule has 0 radical (unpaired) electrons. The molecular weight excluding hydrogens is 469 g/mol. The molecule has 0 saturated carbocycles. The molecule has 0 spiro atoms. The van der Waals surface area contributed by atoms with E-state index in [0.717, 1.165) is 17.0 Å². The van der Waals surface area contributed by atoms with Crippen LogP contribution in [0.1, 0.15) is 11.1 Å². The molecule has 0 atom stereocenters. The number of para-hydroxylation sites is 1. The molecule has 0 aliphatic carbocycles. The molecule has 0 aliphatic heterocycles. The molecule has 3 aromatic carbocycles. The van der Waals surface area contributed by atoms with Crippen LogP contribution < -0.4 is 10.2 Å². The van der Waals surface area contributed by atoms with Crippen molar-refractivity contribution >= 4 is 29.0 Å². The third-order valence-corrected chi connectivity index (χ3v) is 5.32. The number of phenols is 1. The van der Waals surface area contributed by atoms with Gasteiger partial charge in [-0.15, -0.1) is 0 Å². The fraction of sp³-hybridized carbons (Fsp3) is 0.0833. The average molecular weight is 487 g/mol. The van der Waals surface area contributed by atoms with Crippen LogP contribution in [-0.4, -0.2) is 20.7 Å². The first-order valence-electron chi connectivity index (χ1n) is 10.0. The molecule has 1 aromatic heterocycles. The lowest BCUT2D eigenvalue weighted by molar-refractivity contribution is -0.137. The zero-order valence-corrected chi connectivity index (χ0v) is 18.3. The van der Waals surface area contributed by atoms with Crippen molar-refractivity contribution in [2.75, 3.05) is 10.2 Å². The number of benzene rings is 3. The van der Waals surface area contributed by atoms with E-state index in [9.17, 15) is 23.1 Å². The maximum atomic E-state index is 13.6. The molecule has 1 heterocycles. The van der Waals surface area contributed by atoms with E-state index in [-0.39, 0.29) is 23.0 Å². The molecule has 4 aromatic rings. The number of hydrogen-bond acceptors (Lipinski definition) is 3. The first kappa shape index (κ1) is 23.2. The van der Waals surface area contributed by atoms with Crippen molar-refractivity contribution in [2.45, 2.75) is 12.7 Å². The van der Waals surface area contributed by atoms with Crippen LogP contribution in [0.2, 0.25) is 5.02 Å². The van der Waals surface area contributed by atoms with Gasteiger partial charge in [-0.2, -0.15) is 13.2 Å². The molecule has 4 rings (SSSR count). The van der Waals surface area contributed by atoms with E-state index in [1.54, 1.807) is 42.6 Å². The highest BCUT2D eigenvalue weighted by Gasteiger charge is 2.33. The predicted octanol–water partition coefficient (Wildman–Crippen LogP) is 6.49. The molecule has 0 saturated heterocycles. The van der Waals surface area contributed by atoms with Gasteiger partial charge in [-0.05, 0) is 48.0 Å². The number of aromatic nitrogens is 2. The summed E-state index contributed by atoms with van der Waals surface area (Å²) in [4.78, 5) is 18.5. The van der Waals surface area contributed by atoms with Crippen molar-refractivity contribution in [1.29, 1.82) is 0 Å². The minimum Gasteiger partial charge on any atom is -0.508 e. The summed E-state index contributed by atoms with van der Waals surface area (Å²) in [5.41, 5.74) is 0.174. The van der Waals surface area contributed by atoms with Crippen LogP contribution in [0, 0.1) is 0 Å². The molecule has 0 fully saturated rings. The van der Waals surface area contributed by atoms with Gasteiger partial charge in [0.25, 0.3) is 0 Å². The largest absolute Gasteiger partial charge is 0.508 e. The molecule has 2 N–H and O–H groups in total. The van der Waals surface area contributed by atoms with Crippen LogP contribution in [0.15, 0.2) is 85.5 Å². The van der Waals surface area contributed by atoms with E-state index in [1.807, 2.05) is 0 Å². The third-order valence-electron chi connectivity index (χ3n) is 4.99. The second-order valence-corrected chi connectivity index (χ2v) is 7.74. The monoisotopic (exact) mass is 486 g/mol. The lowest BCUT2D eigenvalue weighted by Gasteiger charge is -2.27. The number of carbonyl (C=O) groups is 1. The van der Waals surface area contributed by atoms with Crippen LogP contribution in [0.3, 0.4) is 0 Å². The Morgan fingerprint density at radius 2 is 1.88 bits per heavy atom. The van der Waals surface area contributed by atoms with Gasteiger partial charge < -0.3 is 15.0 Å². The number of imidazole rings is 1. The van der Waals surface area contributed by atoms with Gasteiger partial charge in [0.2, 0.25) is 0 Å². The number of nitrogens with one attached hydrogen (secondary N) is 1. The Labute approximate surface area is 197 Å². The first-order chi connectivity index (χ1) is 16.2. The highest BCUT2D eigenvalue weighted by molar-refractivity contribution is 6.33. The number of urea groups is 1. The van der Waals surface area contributed by atoms with Gasteiger partial charge in [-0.1, -0.05) is 35.9 Å². The summed E-state index contributed by atoms with van der Waals surface area (Å²) in [6, 6.07) is 15.1. The lowest BCUT2D eigenvalue weighted by Crippen LogP contribution is -2.35. The minimum atomic E-state index is -4.63. The number of alkyl halides is 3. The van der Waals surface area contributed by atoms with Crippen molar-refractivity contribution in [3.05, 3.63) is 102 Å². The second kappa shape index (κ2) is 9.48. The second-order valence-electron chi connectivity index (χ2n) is 7.34. The smallest absolute Gasteiger partial charge is 0.416 e. The average Bonchev–Trinajstić information content (AvgIpc) is 3.33. The summed E-state index contributed by atoms with van der Waals surface area (Å²) in [6.07, 6.45) is -0.169. The topological polar surface area (TPSA) is 70.4 Å². The molecule has 0 aliphatic rings. The Morgan fingerprint density at radius 3 is 2.56 bits per heavy atom. The number of aromatic hydroxyl groups is 1. The van der Waals surface area contributed by atoms with Crippen molar-refractivity contribution < 1.29 is 23.1 Å². The first-order valence-corrected chi connectivity index (χ1v) is 10.4. The molecule has 10 heteroatoms. The summed E-state index contributed by atoms with van der Waals surface area (Å²) in [5, 5.41) is 12.8. The summed E-state index contributed by atoms with van der Waals surface area (Å²) in [5.74, 6) is -0.0390. The molecular formula is C24H18ClF3N4O2. The highest BCUT2D eigenvalue weighted by atomic mass is 35.5. The van der Waals surface area contributed by atoms with Gasteiger partial charge in [0.15, 0.2) is 0 Å². The maximum Gasteiger partial charge on any atom is 0.416 e. The fourth-order valence-corrected chi connectivity index (χ4v) is 3.57. The predicted molar refractivity (Wildman–Crippen MR) is 123 cm³/mol. The standard InChI is InChI=1S/C24H18ClF3N4O2/c25-19-6-1-2-7-20(19)30-23(34)32(14-16-4-3-5-18(33)12-16)22-13-17(24(26,27)28)8-9-21(22)31-11-10-29-15-31/h1-13,15,33H,14H2,(H,30,34). The highest BCUT2D eigenvalue weighted by Crippen LogP contribution is 2.36. The van der Waals surface area contributed by atoms with Crippen molar-refractivity contribution in [2.24, 2.45) is 0 Å².